The van der Waals surface area contributed by atoms with Gasteiger partial charge in [0.1, 0.15) is 11.6 Å². The molecule has 0 spiro atoms. The van der Waals surface area contributed by atoms with Crippen molar-refractivity contribution in [3.63, 3.8) is 0 Å². The summed E-state index contributed by atoms with van der Waals surface area (Å²) in [6.45, 7) is -0.128. The molecule has 0 saturated heterocycles. The Morgan fingerprint density at radius 3 is 2.33 bits per heavy atom. The van der Waals surface area contributed by atoms with Crippen molar-refractivity contribution in [2.24, 2.45) is 0 Å². The van der Waals surface area contributed by atoms with Gasteiger partial charge in [-0.1, -0.05) is 24.3 Å². The van der Waals surface area contributed by atoms with Crippen LogP contribution in [-0.2, 0) is 4.79 Å². The van der Waals surface area contributed by atoms with Gasteiger partial charge in [0.25, 0.3) is 5.91 Å². The van der Waals surface area contributed by atoms with E-state index in [-0.39, 0.29) is 24.2 Å². The Bertz CT molecular complexity index is 986. The quantitative estimate of drug-likeness (QED) is 0.749. The molecule has 0 atom stereocenters. The van der Waals surface area contributed by atoms with E-state index in [1.807, 2.05) is 24.3 Å². The van der Waals surface area contributed by atoms with E-state index >= 15 is 0 Å². The van der Waals surface area contributed by atoms with Gasteiger partial charge in [0.15, 0.2) is 0 Å². The van der Waals surface area contributed by atoms with Crippen molar-refractivity contribution in [3.8, 4) is 5.75 Å². The van der Waals surface area contributed by atoms with Crippen LogP contribution < -0.4 is 10.1 Å². The first-order chi connectivity index (χ1) is 13.0. The Kier molecular flexibility index (Phi) is 5.35. The van der Waals surface area contributed by atoms with Crippen LogP contribution in [0.3, 0.4) is 0 Å². The van der Waals surface area contributed by atoms with Crippen LogP contribution in [-0.4, -0.2) is 37.4 Å². The topological polar surface area (TPSA) is 58.6 Å². The minimum absolute atomic E-state index is 0.128. The van der Waals surface area contributed by atoms with Crippen molar-refractivity contribution < 1.29 is 18.7 Å². The molecular formula is C21H19FN2O3. The summed E-state index contributed by atoms with van der Waals surface area (Å²) in [6.07, 6.45) is 0. The van der Waals surface area contributed by atoms with Gasteiger partial charge in [0.2, 0.25) is 5.91 Å². The molecule has 0 aromatic heterocycles. The molecule has 0 saturated carbocycles. The normalized spacial score (nSPS) is 10.5. The number of hydrogen-bond acceptors (Lipinski definition) is 3. The first-order valence-corrected chi connectivity index (χ1v) is 8.36. The molecule has 0 unspecified atom stereocenters. The second-order valence-corrected chi connectivity index (χ2v) is 6.08. The number of rotatable bonds is 5. The minimum atomic E-state index is -0.383. The number of nitrogens with one attached hydrogen (secondary N) is 1. The highest BCUT2D eigenvalue weighted by atomic mass is 19.1. The van der Waals surface area contributed by atoms with Crippen LogP contribution in [0, 0.1) is 5.82 Å². The molecule has 5 nitrogen and oxygen atoms in total. The Morgan fingerprint density at radius 2 is 1.67 bits per heavy atom. The zero-order valence-electron chi connectivity index (χ0n) is 15.0. The van der Waals surface area contributed by atoms with E-state index in [0.29, 0.717) is 17.0 Å². The third-order valence-electron chi connectivity index (χ3n) is 4.19. The lowest BCUT2D eigenvalue weighted by Crippen LogP contribution is -2.35. The summed E-state index contributed by atoms with van der Waals surface area (Å²) in [5.41, 5.74) is 0.959. The summed E-state index contributed by atoms with van der Waals surface area (Å²) >= 11 is 0. The van der Waals surface area contributed by atoms with Crippen LogP contribution in [0.2, 0.25) is 0 Å². The molecule has 3 rings (SSSR count). The Labute approximate surface area is 156 Å². The van der Waals surface area contributed by atoms with Gasteiger partial charge in [-0.05, 0) is 41.8 Å². The summed E-state index contributed by atoms with van der Waals surface area (Å²) in [5.74, 6) is -0.344. The average Bonchev–Trinajstić information content (AvgIpc) is 2.68. The predicted octanol–water partition coefficient (Wildman–Crippen LogP) is 3.70. The Balaban J connectivity index is 1.76. The number of nitrogens with zero attached hydrogens (tertiary/aromatic N) is 1. The second kappa shape index (κ2) is 7.86. The molecule has 0 fully saturated rings. The number of hydrogen-bond donors (Lipinski definition) is 1. The molecule has 6 heteroatoms. The summed E-state index contributed by atoms with van der Waals surface area (Å²) in [6, 6.07) is 16.3. The minimum Gasteiger partial charge on any atom is -0.496 e. The highest BCUT2D eigenvalue weighted by Crippen LogP contribution is 2.28. The van der Waals surface area contributed by atoms with E-state index in [2.05, 4.69) is 5.32 Å². The first-order valence-electron chi connectivity index (χ1n) is 8.36. The number of fused-ring (bicyclic) bond motifs is 1. The molecule has 27 heavy (non-hydrogen) atoms. The van der Waals surface area contributed by atoms with Crippen molar-refractivity contribution in [2.45, 2.75) is 0 Å². The molecule has 3 aromatic rings. The van der Waals surface area contributed by atoms with Crippen LogP contribution in [0.5, 0.6) is 5.75 Å². The number of carbonyl (C=O) groups excluding carboxylic acids is 2. The fourth-order valence-corrected chi connectivity index (χ4v) is 2.86. The number of carbonyl (C=O) groups is 2. The summed E-state index contributed by atoms with van der Waals surface area (Å²) in [4.78, 5) is 26.4. The second-order valence-electron chi connectivity index (χ2n) is 6.08. The van der Waals surface area contributed by atoms with E-state index in [4.69, 9.17) is 4.74 Å². The van der Waals surface area contributed by atoms with Crippen LogP contribution in [0.4, 0.5) is 10.1 Å². The monoisotopic (exact) mass is 366 g/mol. The highest BCUT2D eigenvalue weighted by molar-refractivity contribution is 6.09. The lowest BCUT2D eigenvalue weighted by atomic mass is 10.0. The van der Waals surface area contributed by atoms with E-state index in [1.165, 1.54) is 29.2 Å². The number of likely N-dealkylation sites (N-methyl/N-ethyl adjacent to an activating group) is 1. The van der Waals surface area contributed by atoms with Gasteiger partial charge in [-0.25, -0.2) is 4.39 Å². The van der Waals surface area contributed by atoms with E-state index in [0.717, 1.165) is 10.8 Å². The molecule has 2 amide bonds. The fourth-order valence-electron chi connectivity index (χ4n) is 2.86. The molecule has 138 valence electrons. The van der Waals surface area contributed by atoms with Gasteiger partial charge in [-0.3, -0.25) is 9.59 Å². The summed E-state index contributed by atoms with van der Waals surface area (Å²) < 4.78 is 18.3. The fraction of sp³-hybridized carbons (Fsp3) is 0.143. The van der Waals surface area contributed by atoms with E-state index in [1.54, 1.807) is 26.3 Å². The number of benzene rings is 3. The van der Waals surface area contributed by atoms with Crippen LogP contribution in [0.1, 0.15) is 10.4 Å². The zero-order chi connectivity index (χ0) is 19.4. The van der Waals surface area contributed by atoms with Crippen molar-refractivity contribution in [2.75, 3.05) is 26.0 Å². The molecule has 0 bridgehead atoms. The zero-order valence-corrected chi connectivity index (χ0v) is 15.0. The van der Waals surface area contributed by atoms with Gasteiger partial charge >= 0.3 is 0 Å². The van der Waals surface area contributed by atoms with E-state index < -0.39 is 0 Å². The summed E-state index contributed by atoms with van der Waals surface area (Å²) in [5, 5.41) is 4.23. The number of methoxy groups -OCH3 is 1. The molecule has 0 aliphatic rings. The molecule has 0 radical (unpaired) electrons. The molecule has 3 aromatic carbocycles. The van der Waals surface area contributed by atoms with E-state index in [9.17, 15) is 14.0 Å². The van der Waals surface area contributed by atoms with Crippen molar-refractivity contribution >= 4 is 28.3 Å². The largest absolute Gasteiger partial charge is 0.496 e. The Hall–Kier alpha value is -3.41. The lowest BCUT2D eigenvalue weighted by molar-refractivity contribution is -0.116. The van der Waals surface area contributed by atoms with Crippen molar-refractivity contribution in [1.82, 2.24) is 4.90 Å². The van der Waals surface area contributed by atoms with Gasteiger partial charge < -0.3 is 15.0 Å². The maximum absolute atomic E-state index is 12.9. The molecule has 1 N–H and O–H groups in total. The first kappa shape index (κ1) is 18.4. The lowest BCUT2D eigenvalue weighted by Gasteiger charge is -2.18. The van der Waals surface area contributed by atoms with Gasteiger partial charge in [-0.15, -0.1) is 0 Å². The number of ether oxygens (including phenoxy) is 1. The summed E-state index contributed by atoms with van der Waals surface area (Å²) in [7, 11) is 3.14. The van der Waals surface area contributed by atoms with Crippen LogP contribution in [0.15, 0.2) is 60.7 Å². The third-order valence-corrected chi connectivity index (χ3v) is 4.19. The molecular weight excluding hydrogens is 347 g/mol. The van der Waals surface area contributed by atoms with Crippen molar-refractivity contribution in [3.05, 3.63) is 72.0 Å². The standard InChI is InChI=1S/C21H19FN2O3/c1-24(13-20(25)23-15-9-7-14(22)8-10-15)21(26)18-11-12-19(27-2)17-6-4-3-5-16(17)18/h3-12H,13H2,1-2H3,(H,23,25). The maximum Gasteiger partial charge on any atom is 0.254 e. The van der Waals surface area contributed by atoms with Crippen molar-refractivity contribution in [1.29, 1.82) is 0 Å². The third kappa shape index (κ3) is 4.06. The Morgan fingerprint density at radius 1 is 1.00 bits per heavy atom. The molecule has 0 aliphatic carbocycles. The van der Waals surface area contributed by atoms with Crippen LogP contribution >= 0.6 is 0 Å². The maximum atomic E-state index is 12.9. The van der Waals surface area contributed by atoms with Gasteiger partial charge in [-0.2, -0.15) is 0 Å². The predicted molar refractivity (Wildman–Crippen MR) is 102 cm³/mol. The SMILES string of the molecule is COc1ccc(C(=O)N(C)CC(=O)Nc2ccc(F)cc2)c2ccccc12. The van der Waals surface area contributed by atoms with Gasteiger partial charge in [0, 0.05) is 23.7 Å². The number of anilines is 1. The highest BCUT2D eigenvalue weighted by Gasteiger charge is 2.18. The molecule has 0 heterocycles. The number of halogens is 1. The smallest absolute Gasteiger partial charge is 0.254 e. The van der Waals surface area contributed by atoms with Crippen LogP contribution in [0.25, 0.3) is 10.8 Å². The number of amides is 2. The average molecular weight is 366 g/mol. The molecule has 0 aliphatic heterocycles. The van der Waals surface area contributed by atoms with Gasteiger partial charge in [0.05, 0.1) is 13.7 Å².